The molecule has 232 valence electrons. The van der Waals surface area contributed by atoms with E-state index in [9.17, 15) is 19.2 Å². The molecule has 0 radical (unpaired) electrons. The number of carbonyl (C=O) groups excluding carboxylic acids is 4. The summed E-state index contributed by atoms with van der Waals surface area (Å²) in [6.45, 7) is 11.0. The van der Waals surface area contributed by atoms with Crippen LogP contribution in [0.1, 0.15) is 55.2 Å². The van der Waals surface area contributed by atoms with Crippen LogP contribution in [-0.4, -0.2) is 90.0 Å². The van der Waals surface area contributed by atoms with Crippen LogP contribution < -0.4 is 16.0 Å². The second kappa shape index (κ2) is 13.4. The van der Waals surface area contributed by atoms with Gasteiger partial charge in [-0.1, -0.05) is 6.58 Å². The van der Waals surface area contributed by atoms with E-state index in [4.69, 9.17) is 9.47 Å². The highest BCUT2D eigenvalue weighted by Crippen LogP contribution is 2.42. The van der Waals surface area contributed by atoms with Crippen molar-refractivity contribution in [3.05, 3.63) is 53.7 Å². The molecule has 1 saturated heterocycles. The van der Waals surface area contributed by atoms with Gasteiger partial charge in [0.1, 0.15) is 0 Å². The average Bonchev–Trinajstić information content (AvgIpc) is 3.48. The van der Waals surface area contributed by atoms with E-state index in [1.54, 1.807) is 36.1 Å². The zero-order valence-electron chi connectivity index (χ0n) is 25.4. The first kappa shape index (κ1) is 31.7. The van der Waals surface area contributed by atoms with Gasteiger partial charge in [0, 0.05) is 42.6 Å². The highest BCUT2D eigenvalue weighted by Gasteiger charge is 2.47. The fourth-order valence-corrected chi connectivity index (χ4v) is 5.59. The van der Waals surface area contributed by atoms with Gasteiger partial charge < -0.3 is 35.2 Å². The summed E-state index contributed by atoms with van der Waals surface area (Å²) in [5.74, 6) is -0.400. The topological polar surface area (TPSA) is 147 Å². The predicted molar refractivity (Wildman–Crippen MR) is 161 cm³/mol. The van der Waals surface area contributed by atoms with Gasteiger partial charge in [-0.2, -0.15) is 4.68 Å². The van der Waals surface area contributed by atoms with Crippen molar-refractivity contribution >= 4 is 35.4 Å². The molecule has 1 aromatic heterocycles. The molecule has 3 N–H and O–H groups in total. The van der Waals surface area contributed by atoms with Crippen molar-refractivity contribution in [1.82, 2.24) is 24.9 Å². The summed E-state index contributed by atoms with van der Waals surface area (Å²) in [6.07, 6.45) is 2.17. The minimum atomic E-state index is -0.953. The van der Waals surface area contributed by atoms with Crippen LogP contribution in [-0.2, 0) is 26.4 Å². The molecule has 0 saturated carbocycles. The zero-order valence-corrected chi connectivity index (χ0v) is 25.4. The third-order valence-corrected chi connectivity index (χ3v) is 7.78. The van der Waals surface area contributed by atoms with Crippen LogP contribution in [0.25, 0.3) is 0 Å². The van der Waals surface area contributed by atoms with Crippen molar-refractivity contribution in [2.75, 3.05) is 51.1 Å². The summed E-state index contributed by atoms with van der Waals surface area (Å²) in [5.41, 5.74) is 0.878. The number of aromatic nitrogens is 2. The quantitative estimate of drug-likeness (QED) is 0.374. The number of likely N-dealkylation sites (N-methyl/N-ethyl adjacent to an activating group) is 1. The minimum absolute atomic E-state index is 0.0918. The summed E-state index contributed by atoms with van der Waals surface area (Å²) >= 11 is 0. The standard InChI is InChI=1S/C30H41N7O6/c1-7-24(38)31-21-11-9-20(10-12-21)27(39)33-26-22-17-36(30(3,4)25(22)37(34-26)29(41)43-8-2)28(40)32-23(18-35(5)6)19-13-15-42-16-14-19/h7,9-12,19,23H,1,8,13-18H2,2-6H3,(H,31,38)(H,32,40)(H,33,34,39)/t23-/m1/s1. The Balaban J connectivity index is 1.60. The summed E-state index contributed by atoms with van der Waals surface area (Å²) < 4.78 is 11.9. The van der Waals surface area contributed by atoms with Crippen molar-refractivity contribution in [2.45, 2.75) is 51.7 Å². The van der Waals surface area contributed by atoms with E-state index in [1.165, 1.54) is 0 Å². The van der Waals surface area contributed by atoms with Crippen LogP contribution in [0.4, 0.5) is 21.1 Å². The Bertz CT molecular complexity index is 1360. The van der Waals surface area contributed by atoms with E-state index in [-0.39, 0.29) is 42.9 Å². The van der Waals surface area contributed by atoms with Gasteiger partial charge in [-0.3, -0.25) is 9.59 Å². The van der Waals surface area contributed by atoms with E-state index in [0.29, 0.717) is 42.3 Å². The highest BCUT2D eigenvalue weighted by molar-refractivity contribution is 6.05. The Morgan fingerprint density at radius 1 is 1.16 bits per heavy atom. The Kier molecular flexibility index (Phi) is 9.87. The van der Waals surface area contributed by atoms with E-state index >= 15 is 0 Å². The molecular weight excluding hydrogens is 554 g/mol. The van der Waals surface area contributed by atoms with Crippen LogP contribution in [0.2, 0.25) is 0 Å². The lowest BCUT2D eigenvalue weighted by Gasteiger charge is -2.37. The first-order chi connectivity index (χ1) is 20.5. The molecule has 4 amide bonds. The molecule has 4 rings (SSSR count). The Hall–Kier alpha value is -4.23. The molecule has 0 bridgehead atoms. The molecule has 2 aliphatic heterocycles. The summed E-state index contributed by atoms with van der Waals surface area (Å²) in [7, 11) is 3.95. The highest BCUT2D eigenvalue weighted by atomic mass is 16.6. The number of carbonyl (C=O) groups is 4. The maximum atomic E-state index is 13.8. The summed E-state index contributed by atoms with van der Waals surface area (Å²) in [6, 6.07) is 5.93. The van der Waals surface area contributed by atoms with E-state index in [0.717, 1.165) is 23.6 Å². The number of nitrogens with zero attached hydrogens (tertiary/aromatic N) is 4. The van der Waals surface area contributed by atoms with E-state index in [1.807, 2.05) is 27.9 Å². The lowest BCUT2D eigenvalue weighted by Crippen LogP contribution is -2.54. The van der Waals surface area contributed by atoms with Crippen LogP contribution in [0.15, 0.2) is 36.9 Å². The maximum absolute atomic E-state index is 13.8. The third kappa shape index (κ3) is 7.05. The van der Waals surface area contributed by atoms with Crippen molar-refractivity contribution in [2.24, 2.45) is 5.92 Å². The first-order valence-corrected chi connectivity index (χ1v) is 14.4. The third-order valence-electron chi connectivity index (χ3n) is 7.78. The molecule has 0 aliphatic carbocycles. The molecule has 2 aliphatic rings. The van der Waals surface area contributed by atoms with Gasteiger partial charge in [-0.25, -0.2) is 9.59 Å². The molecule has 2 aromatic rings. The fraction of sp³-hybridized carbons (Fsp3) is 0.500. The molecule has 13 heteroatoms. The number of hydrogen-bond donors (Lipinski definition) is 3. The molecule has 43 heavy (non-hydrogen) atoms. The second-order valence-corrected chi connectivity index (χ2v) is 11.4. The lowest BCUT2D eigenvalue weighted by molar-refractivity contribution is -0.111. The summed E-state index contributed by atoms with van der Waals surface area (Å²) in [4.78, 5) is 55.3. The van der Waals surface area contributed by atoms with Crippen molar-refractivity contribution < 1.29 is 28.7 Å². The Morgan fingerprint density at radius 3 is 2.44 bits per heavy atom. The lowest BCUT2D eigenvalue weighted by atomic mass is 9.91. The normalized spacial score (nSPS) is 16.7. The number of anilines is 2. The molecule has 0 spiro atoms. The maximum Gasteiger partial charge on any atom is 0.435 e. The minimum Gasteiger partial charge on any atom is -0.448 e. The Labute approximate surface area is 251 Å². The molecule has 1 atom stereocenters. The summed E-state index contributed by atoms with van der Waals surface area (Å²) in [5, 5.41) is 13.1. The first-order valence-electron chi connectivity index (χ1n) is 14.4. The number of benzene rings is 1. The van der Waals surface area contributed by atoms with Crippen LogP contribution in [0, 0.1) is 5.92 Å². The molecule has 1 aromatic carbocycles. The van der Waals surface area contributed by atoms with E-state index < -0.39 is 17.5 Å². The molecule has 1 fully saturated rings. The molecule has 13 nitrogen and oxygen atoms in total. The van der Waals surface area contributed by atoms with Crippen molar-refractivity contribution in [1.29, 1.82) is 0 Å². The second-order valence-electron chi connectivity index (χ2n) is 11.4. The number of urea groups is 1. The monoisotopic (exact) mass is 595 g/mol. The van der Waals surface area contributed by atoms with Crippen LogP contribution in [0.3, 0.4) is 0 Å². The van der Waals surface area contributed by atoms with Crippen LogP contribution >= 0.6 is 0 Å². The number of fused-ring (bicyclic) bond motifs is 1. The van der Waals surface area contributed by atoms with Gasteiger partial charge in [0.05, 0.1) is 24.4 Å². The average molecular weight is 596 g/mol. The fourth-order valence-electron chi connectivity index (χ4n) is 5.59. The van der Waals surface area contributed by atoms with Crippen LogP contribution in [0.5, 0.6) is 0 Å². The van der Waals surface area contributed by atoms with Gasteiger partial charge in [0.15, 0.2) is 5.82 Å². The number of rotatable bonds is 9. The van der Waals surface area contributed by atoms with Crippen molar-refractivity contribution in [3.8, 4) is 0 Å². The number of nitrogens with one attached hydrogen (secondary N) is 3. The van der Waals surface area contributed by atoms with Gasteiger partial charge in [-0.05, 0) is 84.0 Å². The molecule has 3 heterocycles. The van der Waals surface area contributed by atoms with Gasteiger partial charge in [0.2, 0.25) is 5.91 Å². The number of amides is 4. The number of ether oxygens (including phenoxy) is 2. The predicted octanol–water partition coefficient (Wildman–Crippen LogP) is 3.38. The van der Waals surface area contributed by atoms with E-state index in [2.05, 4.69) is 32.5 Å². The molecule has 0 unspecified atom stereocenters. The largest absolute Gasteiger partial charge is 0.448 e. The molecular formula is C30H41N7O6. The van der Waals surface area contributed by atoms with Gasteiger partial charge in [-0.15, -0.1) is 5.10 Å². The van der Waals surface area contributed by atoms with Crippen molar-refractivity contribution in [3.63, 3.8) is 0 Å². The SMILES string of the molecule is C=CC(=O)Nc1ccc(C(=O)Nc2nn(C(=O)OCC)c3c2CN(C(=O)N[C@H](CN(C)C)C2CCOCC2)C3(C)C)cc1. The number of hydrogen-bond acceptors (Lipinski definition) is 8. The smallest absolute Gasteiger partial charge is 0.435 e. The Morgan fingerprint density at radius 2 is 1.84 bits per heavy atom. The van der Waals surface area contributed by atoms with Gasteiger partial charge >= 0.3 is 12.1 Å². The zero-order chi connectivity index (χ0) is 31.3. The van der Waals surface area contributed by atoms with Gasteiger partial charge in [0.25, 0.3) is 5.91 Å².